The molecule has 0 atom stereocenters. The van der Waals surface area contributed by atoms with E-state index in [9.17, 15) is 14.9 Å². The summed E-state index contributed by atoms with van der Waals surface area (Å²) in [5.41, 5.74) is 1.23. The summed E-state index contributed by atoms with van der Waals surface area (Å²) in [5, 5.41) is 17.3. The van der Waals surface area contributed by atoms with E-state index in [0.717, 1.165) is 5.56 Å². The quantitative estimate of drug-likeness (QED) is 0.580. The molecule has 1 heterocycles. The summed E-state index contributed by atoms with van der Waals surface area (Å²) in [7, 11) is 0. The largest absolute Gasteiger partial charge is 0.454 e. The molecule has 4 rings (SSSR count). The van der Waals surface area contributed by atoms with Crippen molar-refractivity contribution in [2.45, 2.75) is 31.5 Å². The number of alkyl carbamates (subject to hydrolysis) is 1. The molecule has 0 aromatic heterocycles. The number of hydrogen-bond donors (Lipinski definition) is 2. The Morgan fingerprint density at radius 3 is 2.57 bits per heavy atom. The molecule has 1 fully saturated rings. The number of anilines is 1. The zero-order chi connectivity index (χ0) is 19.5. The summed E-state index contributed by atoms with van der Waals surface area (Å²) >= 11 is 0. The first kappa shape index (κ1) is 17.9. The zero-order valence-electron chi connectivity index (χ0n) is 14.9. The first-order chi connectivity index (χ1) is 13.6. The fraction of sp³-hybridized carbons (Fsp3) is 0.316. The van der Waals surface area contributed by atoms with Crippen molar-refractivity contribution >= 4 is 17.5 Å². The van der Waals surface area contributed by atoms with E-state index in [1.165, 1.54) is 6.07 Å². The molecule has 1 saturated carbocycles. The summed E-state index contributed by atoms with van der Waals surface area (Å²) in [5.74, 6) is 0.846. The minimum Gasteiger partial charge on any atom is -0.454 e. The average Bonchev–Trinajstić information content (AvgIpc) is 3.12. The van der Waals surface area contributed by atoms with Crippen LogP contribution in [0.25, 0.3) is 0 Å². The van der Waals surface area contributed by atoms with Gasteiger partial charge in [-0.3, -0.25) is 10.1 Å². The van der Waals surface area contributed by atoms with Gasteiger partial charge in [0, 0.05) is 18.2 Å². The van der Waals surface area contributed by atoms with Gasteiger partial charge in [-0.1, -0.05) is 30.3 Å². The van der Waals surface area contributed by atoms with E-state index in [4.69, 9.17) is 14.2 Å². The van der Waals surface area contributed by atoms with E-state index in [-0.39, 0.29) is 31.2 Å². The van der Waals surface area contributed by atoms with Gasteiger partial charge in [-0.2, -0.15) is 0 Å². The SMILES string of the molecule is O=C(NC1CC(Nc2cc3c(cc2[N+](=O)[O-])OCO3)C1)OCc1ccccc1. The van der Waals surface area contributed by atoms with Gasteiger partial charge in [0.2, 0.25) is 6.79 Å². The van der Waals surface area contributed by atoms with Crippen molar-refractivity contribution in [1.82, 2.24) is 5.32 Å². The van der Waals surface area contributed by atoms with Crippen molar-refractivity contribution < 1.29 is 23.9 Å². The van der Waals surface area contributed by atoms with Gasteiger partial charge in [-0.15, -0.1) is 0 Å². The molecule has 1 aliphatic carbocycles. The number of hydrogen-bond acceptors (Lipinski definition) is 7. The lowest BCUT2D eigenvalue weighted by molar-refractivity contribution is -0.384. The topological polar surface area (TPSA) is 112 Å². The standard InChI is InChI=1S/C19H19N3O6/c23-19(26-10-12-4-2-1-3-5-12)21-14-6-13(7-14)20-15-8-17-18(28-11-27-17)9-16(15)22(24)25/h1-5,8-9,13-14,20H,6-7,10-11H2,(H,21,23). The molecule has 2 aromatic carbocycles. The van der Waals surface area contributed by atoms with Gasteiger partial charge in [0.1, 0.15) is 12.3 Å². The molecule has 1 aliphatic heterocycles. The van der Waals surface area contributed by atoms with E-state index in [2.05, 4.69) is 10.6 Å². The second-order valence-corrected chi connectivity index (χ2v) is 6.70. The van der Waals surface area contributed by atoms with Crippen LogP contribution < -0.4 is 20.1 Å². The minimum absolute atomic E-state index is 0.0125. The Kier molecular flexibility index (Phi) is 4.88. The van der Waals surface area contributed by atoms with Crippen molar-refractivity contribution in [3.63, 3.8) is 0 Å². The molecule has 2 aromatic rings. The molecule has 0 unspecified atom stereocenters. The maximum absolute atomic E-state index is 11.9. The third-order valence-corrected chi connectivity index (χ3v) is 4.72. The monoisotopic (exact) mass is 385 g/mol. The van der Waals surface area contributed by atoms with Crippen LogP contribution in [0.3, 0.4) is 0 Å². The Hall–Kier alpha value is -3.49. The van der Waals surface area contributed by atoms with Crippen LogP contribution in [0.4, 0.5) is 16.2 Å². The number of ether oxygens (including phenoxy) is 3. The van der Waals surface area contributed by atoms with E-state index >= 15 is 0 Å². The highest BCUT2D eigenvalue weighted by Gasteiger charge is 2.33. The molecule has 0 spiro atoms. The molecule has 2 aliphatic rings. The van der Waals surface area contributed by atoms with Gasteiger partial charge >= 0.3 is 6.09 Å². The van der Waals surface area contributed by atoms with Crippen molar-refractivity contribution in [3.05, 3.63) is 58.1 Å². The molecule has 0 radical (unpaired) electrons. The fourth-order valence-electron chi connectivity index (χ4n) is 3.20. The number of nitrogens with zero attached hydrogens (tertiary/aromatic N) is 1. The minimum atomic E-state index is -0.471. The number of rotatable bonds is 6. The number of amides is 1. The highest BCUT2D eigenvalue weighted by molar-refractivity contribution is 5.70. The average molecular weight is 385 g/mol. The van der Waals surface area contributed by atoms with Crippen LogP contribution in [0.2, 0.25) is 0 Å². The lowest BCUT2D eigenvalue weighted by atomic mass is 9.86. The lowest BCUT2D eigenvalue weighted by Crippen LogP contribution is -2.49. The smallest absolute Gasteiger partial charge is 0.407 e. The Bertz CT molecular complexity index is 883. The number of carbonyl (C=O) groups is 1. The van der Waals surface area contributed by atoms with Crippen LogP contribution in [0, 0.1) is 10.1 Å². The molecule has 1 amide bonds. The molecule has 2 N–H and O–H groups in total. The van der Waals surface area contributed by atoms with Gasteiger partial charge in [0.25, 0.3) is 5.69 Å². The van der Waals surface area contributed by atoms with Crippen LogP contribution in [0.1, 0.15) is 18.4 Å². The Morgan fingerprint density at radius 2 is 1.86 bits per heavy atom. The van der Waals surface area contributed by atoms with E-state index in [1.807, 2.05) is 30.3 Å². The molecule has 9 nitrogen and oxygen atoms in total. The van der Waals surface area contributed by atoms with Gasteiger partial charge < -0.3 is 24.8 Å². The first-order valence-electron chi connectivity index (χ1n) is 8.90. The highest BCUT2D eigenvalue weighted by Crippen LogP contribution is 2.41. The third kappa shape index (κ3) is 3.93. The van der Waals surface area contributed by atoms with Crippen molar-refractivity contribution in [2.24, 2.45) is 0 Å². The third-order valence-electron chi connectivity index (χ3n) is 4.72. The Balaban J connectivity index is 1.27. The van der Waals surface area contributed by atoms with Crippen molar-refractivity contribution in [1.29, 1.82) is 0 Å². The van der Waals surface area contributed by atoms with E-state index < -0.39 is 11.0 Å². The summed E-state index contributed by atoms with van der Waals surface area (Å²) in [6.07, 6.45) is 0.819. The maximum atomic E-state index is 11.9. The van der Waals surface area contributed by atoms with E-state index in [0.29, 0.717) is 30.0 Å². The summed E-state index contributed by atoms with van der Waals surface area (Å²) in [4.78, 5) is 22.7. The number of benzene rings is 2. The molecule has 146 valence electrons. The summed E-state index contributed by atoms with van der Waals surface area (Å²) in [6, 6.07) is 12.4. The van der Waals surface area contributed by atoms with Gasteiger partial charge in [-0.05, 0) is 18.4 Å². The van der Waals surface area contributed by atoms with Crippen LogP contribution in [-0.4, -0.2) is 29.9 Å². The summed E-state index contributed by atoms with van der Waals surface area (Å²) < 4.78 is 15.7. The predicted octanol–water partition coefficient (Wildman–Crippen LogP) is 3.19. The number of nitro groups is 1. The number of fused-ring (bicyclic) bond motifs is 1. The van der Waals surface area contributed by atoms with Crippen LogP contribution in [0.15, 0.2) is 42.5 Å². The second-order valence-electron chi connectivity index (χ2n) is 6.70. The Morgan fingerprint density at radius 1 is 1.14 bits per heavy atom. The van der Waals surface area contributed by atoms with Gasteiger partial charge in [-0.25, -0.2) is 4.79 Å². The van der Waals surface area contributed by atoms with Crippen LogP contribution in [0.5, 0.6) is 11.5 Å². The second kappa shape index (κ2) is 7.63. The van der Waals surface area contributed by atoms with Crippen molar-refractivity contribution in [3.8, 4) is 11.5 Å². The fourth-order valence-corrected chi connectivity index (χ4v) is 3.20. The molecule has 0 saturated heterocycles. The predicted molar refractivity (Wildman–Crippen MR) is 99.4 cm³/mol. The molecule has 9 heteroatoms. The van der Waals surface area contributed by atoms with Crippen LogP contribution in [-0.2, 0) is 11.3 Å². The van der Waals surface area contributed by atoms with Gasteiger partial charge in [0.05, 0.1) is 11.0 Å². The highest BCUT2D eigenvalue weighted by atomic mass is 16.7. The maximum Gasteiger partial charge on any atom is 0.407 e. The number of nitro benzene ring substituents is 1. The number of carbonyl (C=O) groups excluding carboxylic acids is 1. The van der Waals surface area contributed by atoms with Gasteiger partial charge in [0.15, 0.2) is 11.5 Å². The molecular formula is C19H19N3O6. The molecule has 28 heavy (non-hydrogen) atoms. The zero-order valence-corrected chi connectivity index (χ0v) is 14.9. The Labute approximate surface area is 160 Å². The van der Waals surface area contributed by atoms with Crippen LogP contribution >= 0.6 is 0 Å². The number of nitrogens with one attached hydrogen (secondary N) is 2. The molecule has 0 bridgehead atoms. The first-order valence-corrected chi connectivity index (χ1v) is 8.90. The van der Waals surface area contributed by atoms with E-state index in [1.54, 1.807) is 6.07 Å². The molecular weight excluding hydrogens is 366 g/mol. The summed E-state index contributed by atoms with van der Waals surface area (Å²) in [6.45, 7) is 0.265. The lowest BCUT2D eigenvalue weighted by Gasteiger charge is -2.36. The van der Waals surface area contributed by atoms with Crippen molar-refractivity contribution in [2.75, 3.05) is 12.1 Å². The normalized spacial score (nSPS) is 19.4.